The average Bonchev–Trinajstić information content (AvgIpc) is 2.73. The predicted molar refractivity (Wildman–Crippen MR) is 105 cm³/mol. The molecule has 4 nitrogen and oxygen atoms in total. The Morgan fingerprint density at radius 3 is 1.70 bits per heavy atom. The van der Waals surface area contributed by atoms with Gasteiger partial charge in [0.25, 0.3) is 0 Å². The van der Waals surface area contributed by atoms with E-state index in [-0.39, 0.29) is 18.0 Å². The molecular weight excluding hydrogens is 336 g/mol. The summed E-state index contributed by atoms with van der Waals surface area (Å²) in [6.45, 7) is 0. The fourth-order valence-electron chi connectivity index (χ4n) is 3.73. The lowest BCUT2D eigenvalue weighted by atomic mass is 9.83. The van der Waals surface area contributed by atoms with E-state index in [0.29, 0.717) is 5.69 Å². The maximum absolute atomic E-state index is 13.5. The van der Waals surface area contributed by atoms with Crippen LogP contribution in [0.25, 0.3) is 0 Å². The second-order valence-electron chi connectivity index (χ2n) is 6.65. The van der Waals surface area contributed by atoms with E-state index in [1.807, 2.05) is 78.9 Å². The van der Waals surface area contributed by atoms with Gasteiger partial charge in [-0.3, -0.25) is 4.79 Å². The summed E-state index contributed by atoms with van der Waals surface area (Å²) in [5, 5.41) is 0. The summed E-state index contributed by atoms with van der Waals surface area (Å²) in [7, 11) is 1.76. The number of benzene rings is 3. The molecule has 27 heavy (non-hydrogen) atoms. The number of hydrogen-bond acceptors (Lipinski definition) is 2. The maximum atomic E-state index is 13.5. The molecule has 1 aliphatic heterocycles. The number of urea groups is 1. The number of hydrogen-bond donors (Lipinski definition) is 0. The minimum atomic E-state index is -0.475. The third-order valence-corrected chi connectivity index (χ3v) is 5.03. The van der Waals surface area contributed by atoms with Crippen LogP contribution in [0.2, 0.25) is 0 Å². The molecule has 1 heterocycles. The SMILES string of the molecule is CN1C(=O)N(c2ccccc2)C(=O)C(c2ccccc2)C1c1ccccc1. The number of amides is 3. The Morgan fingerprint density at radius 1 is 0.667 bits per heavy atom. The summed E-state index contributed by atoms with van der Waals surface area (Å²) in [6, 6.07) is 27.9. The van der Waals surface area contributed by atoms with Crippen molar-refractivity contribution >= 4 is 17.6 Å². The van der Waals surface area contributed by atoms with Gasteiger partial charge in [0.15, 0.2) is 0 Å². The molecule has 0 aliphatic carbocycles. The quantitative estimate of drug-likeness (QED) is 0.687. The number of imide groups is 1. The second kappa shape index (κ2) is 7.08. The van der Waals surface area contributed by atoms with Crippen LogP contribution >= 0.6 is 0 Å². The molecule has 134 valence electrons. The molecule has 0 bridgehead atoms. The normalized spacial score (nSPS) is 20.0. The molecule has 0 aromatic heterocycles. The van der Waals surface area contributed by atoms with Gasteiger partial charge in [0.05, 0.1) is 17.6 Å². The molecule has 0 spiro atoms. The average molecular weight is 356 g/mol. The van der Waals surface area contributed by atoms with Crippen LogP contribution in [0.5, 0.6) is 0 Å². The summed E-state index contributed by atoms with van der Waals surface area (Å²) in [4.78, 5) is 29.6. The van der Waals surface area contributed by atoms with E-state index < -0.39 is 5.92 Å². The number of nitrogens with zero attached hydrogens (tertiary/aromatic N) is 2. The highest BCUT2D eigenvalue weighted by molar-refractivity contribution is 6.18. The van der Waals surface area contributed by atoms with Crippen molar-refractivity contribution in [3.8, 4) is 0 Å². The molecule has 2 unspecified atom stereocenters. The largest absolute Gasteiger partial charge is 0.331 e. The zero-order chi connectivity index (χ0) is 18.8. The summed E-state index contributed by atoms with van der Waals surface area (Å²) < 4.78 is 0. The van der Waals surface area contributed by atoms with E-state index in [1.54, 1.807) is 24.1 Å². The van der Waals surface area contributed by atoms with Gasteiger partial charge in [-0.15, -0.1) is 0 Å². The lowest BCUT2D eigenvalue weighted by Gasteiger charge is -2.43. The van der Waals surface area contributed by atoms with Crippen molar-refractivity contribution in [2.75, 3.05) is 11.9 Å². The summed E-state index contributed by atoms with van der Waals surface area (Å²) >= 11 is 0. The summed E-state index contributed by atoms with van der Waals surface area (Å²) in [5.74, 6) is -0.680. The third kappa shape index (κ3) is 2.99. The molecule has 0 N–H and O–H groups in total. The van der Waals surface area contributed by atoms with Crippen LogP contribution in [0.1, 0.15) is 23.1 Å². The number of anilines is 1. The number of carbonyl (C=O) groups excluding carboxylic acids is 2. The second-order valence-corrected chi connectivity index (χ2v) is 6.65. The van der Waals surface area contributed by atoms with E-state index in [4.69, 9.17) is 0 Å². The molecule has 1 saturated heterocycles. The first kappa shape index (κ1) is 17.0. The van der Waals surface area contributed by atoms with Gasteiger partial charge in [-0.05, 0) is 23.3 Å². The third-order valence-electron chi connectivity index (χ3n) is 5.03. The molecule has 3 amide bonds. The molecule has 0 radical (unpaired) electrons. The molecule has 1 aliphatic rings. The minimum Gasteiger partial charge on any atom is -0.319 e. The Morgan fingerprint density at radius 2 is 1.15 bits per heavy atom. The van der Waals surface area contributed by atoms with Crippen molar-refractivity contribution in [2.24, 2.45) is 0 Å². The maximum Gasteiger partial charge on any atom is 0.331 e. The van der Waals surface area contributed by atoms with E-state index in [2.05, 4.69) is 0 Å². The summed E-state index contributed by atoms with van der Waals surface area (Å²) in [5.41, 5.74) is 2.44. The van der Waals surface area contributed by atoms with Crippen LogP contribution in [0.15, 0.2) is 91.0 Å². The van der Waals surface area contributed by atoms with Crippen LogP contribution < -0.4 is 4.90 Å². The van der Waals surface area contributed by atoms with Gasteiger partial charge in [-0.2, -0.15) is 0 Å². The topological polar surface area (TPSA) is 40.6 Å². The Hall–Kier alpha value is -3.40. The first-order valence-electron chi connectivity index (χ1n) is 8.94. The van der Waals surface area contributed by atoms with Crippen molar-refractivity contribution in [3.05, 3.63) is 102 Å². The van der Waals surface area contributed by atoms with Crippen LogP contribution in [0, 0.1) is 0 Å². The molecule has 3 aromatic rings. The Labute approximate surface area is 158 Å². The van der Waals surface area contributed by atoms with Crippen molar-refractivity contribution in [1.82, 2.24) is 4.90 Å². The van der Waals surface area contributed by atoms with Crippen LogP contribution in [0.3, 0.4) is 0 Å². The highest BCUT2D eigenvalue weighted by Gasteiger charge is 2.46. The molecule has 4 heteroatoms. The number of para-hydroxylation sites is 1. The number of likely N-dealkylation sites (N-methyl/N-ethyl adjacent to an activating group) is 1. The van der Waals surface area contributed by atoms with E-state index >= 15 is 0 Å². The van der Waals surface area contributed by atoms with Crippen molar-refractivity contribution in [3.63, 3.8) is 0 Å². The number of rotatable bonds is 3. The first-order valence-corrected chi connectivity index (χ1v) is 8.94. The van der Waals surface area contributed by atoms with Crippen LogP contribution in [-0.2, 0) is 4.79 Å². The highest BCUT2D eigenvalue weighted by atomic mass is 16.2. The lowest BCUT2D eigenvalue weighted by molar-refractivity contribution is -0.122. The predicted octanol–water partition coefficient (Wildman–Crippen LogP) is 4.61. The van der Waals surface area contributed by atoms with E-state index in [9.17, 15) is 9.59 Å². The van der Waals surface area contributed by atoms with Gasteiger partial charge < -0.3 is 4.90 Å². The molecule has 2 atom stereocenters. The molecule has 0 saturated carbocycles. The van der Waals surface area contributed by atoms with Crippen molar-refractivity contribution < 1.29 is 9.59 Å². The zero-order valence-electron chi connectivity index (χ0n) is 15.0. The first-order chi connectivity index (χ1) is 13.2. The highest BCUT2D eigenvalue weighted by Crippen LogP contribution is 2.41. The zero-order valence-corrected chi connectivity index (χ0v) is 15.0. The molecular formula is C23H20N2O2. The van der Waals surface area contributed by atoms with Crippen molar-refractivity contribution in [1.29, 1.82) is 0 Å². The number of carbonyl (C=O) groups is 2. The smallest absolute Gasteiger partial charge is 0.319 e. The van der Waals surface area contributed by atoms with Gasteiger partial charge in [0.1, 0.15) is 0 Å². The van der Waals surface area contributed by atoms with E-state index in [0.717, 1.165) is 11.1 Å². The fraction of sp³-hybridized carbons (Fsp3) is 0.130. The van der Waals surface area contributed by atoms with E-state index in [1.165, 1.54) is 4.90 Å². The molecule has 3 aromatic carbocycles. The minimum absolute atomic E-state index is 0.204. The molecule has 1 fully saturated rings. The van der Waals surface area contributed by atoms with Gasteiger partial charge in [0, 0.05) is 7.05 Å². The van der Waals surface area contributed by atoms with Crippen molar-refractivity contribution in [2.45, 2.75) is 12.0 Å². The van der Waals surface area contributed by atoms with Crippen LogP contribution in [-0.4, -0.2) is 23.9 Å². The fourth-order valence-corrected chi connectivity index (χ4v) is 3.73. The Balaban J connectivity index is 1.86. The van der Waals surface area contributed by atoms with Gasteiger partial charge in [-0.1, -0.05) is 78.9 Å². The lowest BCUT2D eigenvalue weighted by Crippen LogP contribution is -2.56. The summed E-state index contributed by atoms with van der Waals surface area (Å²) in [6.07, 6.45) is 0. The van der Waals surface area contributed by atoms with Gasteiger partial charge in [-0.25, -0.2) is 9.69 Å². The standard InChI is InChI=1S/C23H20N2O2/c1-24-21(18-13-7-3-8-14-18)20(17-11-5-2-6-12-17)22(26)25(23(24)27)19-15-9-4-10-16-19/h2-16,20-21H,1H3. The Kier molecular flexibility index (Phi) is 4.47. The molecule has 4 rings (SSSR count). The van der Waals surface area contributed by atoms with Gasteiger partial charge >= 0.3 is 6.03 Å². The van der Waals surface area contributed by atoms with Crippen LogP contribution in [0.4, 0.5) is 10.5 Å². The Bertz CT molecular complexity index is 942. The monoisotopic (exact) mass is 356 g/mol. The van der Waals surface area contributed by atoms with Gasteiger partial charge in [0.2, 0.25) is 5.91 Å².